The van der Waals surface area contributed by atoms with E-state index in [1.54, 1.807) is 36.4 Å². The lowest BCUT2D eigenvalue weighted by atomic mass is 9.80. The molecular formula is C30H37NO10. The molecular weight excluding hydrogens is 534 g/mol. The van der Waals surface area contributed by atoms with Gasteiger partial charge in [-0.3, -0.25) is 9.59 Å². The average Bonchev–Trinajstić information content (AvgIpc) is 3.57. The lowest BCUT2D eigenvalue weighted by Crippen LogP contribution is -2.50. The molecule has 2 amide bonds. The lowest BCUT2D eigenvalue weighted by Gasteiger charge is -2.33. The van der Waals surface area contributed by atoms with Crippen molar-refractivity contribution in [2.45, 2.75) is 39.0 Å². The van der Waals surface area contributed by atoms with E-state index < -0.39 is 53.5 Å². The zero-order valence-electron chi connectivity index (χ0n) is 24.6. The second kappa shape index (κ2) is 11.9. The number of ether oxygens (including phenoxy) is 7. The number of carbonyl (C=O) groups excluding carboxylic acids is 3. The third kappa shape index (κ3) is 5.50. The standard InChI is InChI=1S/C30H37NO10/c1-30(2,3)22-15-40-29(34)31(22)27(32)23-24(28(33)39-8)26(17-10-12-19(36-5)21(14-17)38-7)41-25(23)16-9-11-18(35-4)20(13-16)37-6/h9-14,22-26H,15H2,1-8H3/t22-,23-,24-,25+,26-/m1/s1. The first kappa shape index (κ1) is 30.0. The predicted octanol–water partition coefficient (Wildman–Crippen LogP) is 4.33. The topological polar surface area (TPSA) is 119 Å². The predicted molar refractivity (Wildman–Crippen MR) is 146 cm³/mol. The molecule has 0 radical (unpaired) electrons. The van der Waals surface area contributed by atoms with E-state index in [9.17, 15) is 14.4 Å². The molecule has 0 N–H and O–H groups in total. The highest BCUT2D eigenvalue weighted by Crippen LogP contribution is 2.53. The van der Waals surface area contributed by atoms with Crippen LogP contribution in [0.25, 0.3) is 0 Å². The van der Waals surface area contributed by atoms with Gasteiger partial charge in [0.1, 0.15) is 12.5 Å². The monoisotopic (exact) mass is 571 g/mol. The molecule has 2 aliphatic heterocycles. The number of methoxy groups -OCH3 is 5. The van der Waals surface area contributed by atoms with E-state index in [4.69, 9.17) is 33.2 Å². The Bertz CT molecular complexity index is 1300. The summed E-state index contributed by atoms with van der Waals surface area (Å²) < 4.78 is 38.9. The van der Waals surface area contributed by atoms with Crippen molar-refractivity contribution in [3.8, 4) is 23.0 Å². The van der Waals surface area contributed by atoms with E-state index in [0.29, 0.717) is 34.1 Å². The molecule has 2 aromatic rings. The minimum Gasteiger partial charge on any atom is -0.493 e. The van der Waals surface area contributed by atoms with Crippen molar-refractivity contribution in [2.75, 3.05) is 42.2 Å². The van der Waals surface area contributed by atoms with Gasteiger partial charge in [0.15, 0.2) is 23.0 Å². The average molecular weight is 572 g/mol. The number of carbonyl (C=O) groups is 3. The van der Waals surface area contributed by atoms with Crippen molar-refractivity contribution < 1.29 is 47.5 Å². The number of cyclic esters (lactones) is 1. The fourth-order valence-corrected chi connectivity index (χ4v) is 5.49. The van der Waals surface area contributed by atoms with Crippen LogP contribution in [0.3, 0.4) is 0 Å². The van der Waals surface area contributed by atoms with Crippen LogP contribution in [-0.2, 0) is 23.8 Å². The molecule has 222 valence electrons. The maximum Gasteiger partial charge on any atom is 0.417 e. The van der Waals surface area contributed by atoms with Gasteiger partial charge in [-0.1, -0.05) is 32.9 Å². The van der Waals surface area contributed by atoms with Crippen LogP contribution in [0.15, 0.2) is 36.4 Å². The third-order valence-electron chi connectivity index (χ3n) is 7.67. The van der Waals surface area contributed by atoms with E-state index in [0.717, 1.165) is 4.90 Å². The van der Waals surface area contributed by atoms with E-state index in [2.05, 4.69) is 0 Å². The van der Waals surface area contributed by atoms with E-state index in [-0.39, 0.29) is 6.61 Å². The van der Waals surface area contributed by atoms with Gasteiger partial charge in [-0.25, -0.2) is 9.69 Å². The minimum absolute atomic E-state index is 0.0463. The SMILES string of the molecule is COC(=O)[C@@H]1[C@@H](C(=O)N2C(=O)OC[C@@H]2C(C)(C)C)[C@H](c2ccc(OC)c(OC)c2)O[C@@H]1c1ccc(OC)c(OC)c1. The van der Waals surface area contributed by atoms with Crippen LogP contribution in [-0.4, -0.2) is 71.1 Å². The molecule has 0 spiro atoms. The summed E-state index contributed by atoms with van der Waals surface area (Å²) in [6.07, 6.45) is -2.65. The molecule has 0 unspecified atom stereocenters. The number of rotatable bonds is 8. The molecule has 11 nitrogen and oxygen atoms in total. The van der Waals surface area contributed by atoms with Gasteiger partial charge in [-0.2, -0.15) is 0 Å². The van der Waals surface area contributed by atoms with Crippen molar-refractivity contribution in [1.82, 2.24) is 4.90 Å². The Morgan fingerprint density at radius 1 is 0.780 bits per heavy atom. The summed E-state index contributed by atoms with van der Waals surface area (Å²) in [7, 11) is 7.28. The molecule has 2 saturated heterocycles. The first-order chi connectivity index (χ1) is 19.5. The van der Waals surface area contributed by atoms with Crippen LogP contribution in [0.1, 0.15) is 44.1 Å². The molecule has 5 atom stereocenters. The summed E-state index contributed by atoms with van der Waals surface area (Å²) in [5.41, 5.74) is 0.636. The van der Waals surface area contributed by atoms with E-state index in [1.165, 1.54) is 35.5 Å². The van der Waals surface area contributed by atoms with Gasteiger partial charge in [-0.15, -0.1) is 0 Å². The quantitative estimate of drug-likeness (QED) is 0.424. The highest BCUT2D eigenvalue weighted by molar-refractivity contribution is 5.97. The van der Waals surface area contributed by atoms with Gasteiger partial charge < -0.3 is 33.2 Å². The molecule has 2 fully saturated rings. The smallest absolute Gasteiger partial charge is 0.417 e. The summed E-state index contributed by atoms with van der Waals surface area (Å²) >= 11 is 0. The number of amides is 2. The number of hydrogen-bond acceptors (Lipinski definition) is 10. The summed E-state index contributed by atoms with van der Waals surface area (Å²) in [4.78, 5) is 42.0. The Kier molecular flexibility index (Phi) is 8.67. The summed E-state index contributed by atoms with van der Waals surface area (Å²) in [6.45, 7) is 5.80. The first-order valence-electron chi connectivity index (χ1n) is 13.2. The fourth-order valence-electron chi connectivity index (χ4n) is 5.49. The highest BCUT2D eigenvalue weighted by Gasteiger charge is 2.58. The zero-order valence-corrected chi connectivity index (χ0v) is 24.6. The van der Waals surface area contributed by atoms with Crippen molar-refractivity contribution in [2.24, 2.45) is 17.3 Å². The van der Waals surface area contributed by atoms with Crippen molar-refractivity contribution >= 4 is 18.0 Å². The highest BCUT2D eigenvalue weighted by atomic mass is 16.6. The Balaban J connectivity index is 1.89. The Morgan fingerprint density at radius 3 is 1.71 bits per heavy atom. The van der Waals surface area contributed by atoms with Crippen molar-refractivity contribution in [1.29, 1.82) is 0 Å². The summed E-state index contributed by atoms with van der Waals surface area (Å²) in [5.74, 6) is -1.71. The van der Waals surface area contributed by atoms with Crippen LogP contribution in [0.2, 0.25) is 0 Å². The van der Waals surface area contributed by atoms with Crippen LogP contribution in [0.4, 0.5) is 4.79 Å². The lowest BCUT2D eigenvalue weighted by molar-refractivity contribution is -0.152. The van der Waals surface area contributed by atoms with Crippen LogP contribution >= 0.6 is 0 Å². The maximum absolute atomic E-state index is 14.4. The van der Waals surface area contributed by atoms with Crippen LogP contribution < -0.4 is 18.9 Å². The molecule has 2 heterocycles. The summed E-state index contributed by atoms with van der Waals surface area (Å²) in [5, 5.41) is 0. The second-order valence-electron chi connectivity index (χ2n) is 10.9. The number of esters is 1. The molecule has 41 heavy (non-hydrogen) atoms. The van der Waals surface area contributed by atoms with E-state index in [1.807, 2.05) is 20.8 Å². The van der Waals surface area contributed by atoms with Gasteiger partial charge in [0, 0.05) is 0 Å². The molecule has 0 aromatic heterocycles. The molecule has 0 aliphatic carbocycles. The normalized spacial score (nSPS) is 24.0. The van der Waals surface area contributed by atoms with Crippen molar-refractivity contribution in [3.05, 3.63) is 47.5 Å². The number of nitrogens with zero attached hydrogens (tertiary/aromatic N) is 1. The second-order valence-corrected chi connectivity index (χ2v) is 10.9. The first-order valence-corrected chi connectivity index (χ1v) is 13.2. The maximum atomic E-state index is 14.4. The zero-order chi connectivity index (χ0) is 30.1. The fraction of sp³-hybridized carbons (Fsp3) is 0.500. The molecule has 2 aliphatic rings. The van der Waals surface area contributed by atoms with Gasteiger partial charge in [0.2, 0.25) is 5.91 Å². The van der Waals surface area contributed by atoms with Gasteiger partial charge in [0.25, 0.3) is 0 Å². The Labute approximate surface area is 239 Å². The van der Waals surface area contributed by atoms with Gasteiger partial charge in [0.05, 0.1) is 59.7 Å². The number of hydrogen-bond donors (Lipinski definition) is 0. The largest absolute Gasteiger partial charge is 0.493 e. The Morgan fingerprint density at radius 2 is 1.27 bits per heavy atom. The molecule has 0 saturated carbocycles. The van der Waals surface area contributed by atoms with E-state index >= 15 is 0 Å². The number of benzene rings is 2. The van der Waals surface area contributed by atoms with Crippen LogP contribution in [0, 0.1) is 17.3 Å². The molecule has 11 heteroatoms. The molecule has 4 rings (SSSR count). The van der Waals surface area contributed by atoms with Gasteiger partial charge in [-0.05, 0) is 40.8 Å². The molecule has 2 aromatic carbocycles. The van der Waals surface area contributed by atoms with Crippen LogP contribution in [0.5, 0.6) is 23.0 Å². The number of imide groups is 1. The summed E-state index contributed by atoms with van der Waals surface area (Å²) in [6, 6.07) is 9.70. The van der Waals surface area contributed by atoms with Gasteiger partial charge >= 0.3 is 12.1 Å². The minimum atomic E-state index is -1.14. The Hall–Kier alpha value is -3.99. The third-order valence-corrected chi connectivity index (χ3v) is 7.67. The van der Waals surface area contributed by atoms with Crippen molar-refractivity contribution in [3.63, 3.8) is 0 Å². The molecule has 0 bridgehead atoms.